The maximum atomic E-state index is 11.8. The van der Waals surface area contributed by atoms with Crippen molar-refractivity contribution in [1.29, 1.82) is 0 Å². The Balaban J connectivity index is 2.33. The lowest BCUT2D eigenvalue weighted by atomic mass is 10.1. The number of ketones is 1. The quantitative estimate of drug-likeness (QED) is 0.760. The number of carboxylic acid groups (broad SMARTS) is 1. The minimum absolute atomic E-state index is 0.0486. The van der Waals surface area contributed by atoms with Gasteiger partial charge in [0.2, 0.25) is 0 Å². The molecule has 146 valence electrons. The molecule has 0 saturated carbocycles. The Labute approximate surface area is 163 Å². The van der Waals surface area contributed by atoms with Crippen LogP contribution in [0.2, 0.25) is 0 Å². The van der Waals surface area contributed by atoms with Gasteiger partial charge in [-0.2, -0.15) is 0 Å². The highest BCUT2D eigenvalue weighted by Crippen LogP contribution is 2.20. The first kappa shape index (κ1) is 20.9. The van der Waals surface area contributed by atoms with Crippen LogP contribution >= 0.6 is 11.3 Å². The van der Waals surface area contributed by atoms with Crippen molar-refractivity contribution in [1.82, 2.24) is 9.47 Å². The average molecular weight is 390 g/mol. The van der Waals surface area contributed by atoms with Gasteiger partial charge in [0.05, 0.1) is 10.6 Å². The Morgan fingerprint density at radius 1 is 1.22 bits per heavy atom. The molecule has 0 spiro atoms. The van der Waals surface area contributed by atoms with E-state index < -0.39 is 11.6 Å². The molecule has 0 aliphatic carbocycles. The van der Waals surface area contributed by atoms with Gasteiger partial charge in [0.25, 0.3) is 0 Å². The van der Waals surface area contributed by atoms with Gasteiger partial charge in [-0.3, -0.25) is 9.69 Å². The highest BCUT2D eigenvalue weighted by molar-refractivity contribution is 7.11. The van der Waals surface area contributed by atoms with Crippen LogP contribution in [0.5, 0.6) is 0 Å². The first-order valence-electron chi connectivity index (χ1n) is 8.90. The Bertz CT molecular complexity index is 902. The second-order valence-corrected chi connectivity index (χ2v) is 8.39. The van der Waals surface area contributed by atoms with E-state index in [1.54, 1.807) is 6.92 Å². The predicted molar refractivity (Wildman–Crippen MR) is 108 cm³/mol. The number of hydrogen-bond acceptors (Lipinski definition) is 4. The van der Waals surface area contributed by atoms with E-state index in [1.807, 2.05) is 63.5 Å². The van der Waals surface area contributed by atoms with E-state index in [0.717, 1.165) is 33.2 Å². The minimum atomic E-state index is -0.939. The zero-order valence-corrected chi connectivity index (χ0v) is 17.6. The van der Waals surface area contributed by atoms with E-state index in [9.17, 15) is 14.7 Å². The van der Waals surface area contributed by atoms with Gasteiger partial charge in [-0.15, -0.1) is 0 Å². The van der Waals surface area contributed by atoms with Crippen LogP contribution in [0.25, 0.3) is 0 Å². The second-order valence-electron chi connectivity index (χ2n) is 7.42. The third kappa shape index (κ3) is 4.86. The number of carbonyl (C=O) groups excluding carboxylic acids is 1. The Morgan fingerprint density at radius 2 is 1.81 bits per heavy atom. The summed E-state index contributed by atoms with van der Waals surface area (Å²) in [4.78, 5) is 30.9. The van der Waals surface area contributed by atoms with Gasteiger partial charge in [0, 0.05) is 31.2 Å². The number of rotatable bonds is 5. The number of benzene rings is 1. The number of amides is 1. The largest absolute Gasteiger partial charge is 0.465 e. The van der Waals surface area contributed by atoms with E-state index >= 15 is 0 Å². The number of Topliss-reactive ketones (excluding diaryl/α,β-unsaturated/α-hetero) is 1. The summed E-state index contributed by atoms with van der Waals surface area (Å²) in [5, 5.41) is 9.43. The molecule has 1 heterocycles. The van der Waals surface area contributed by atoms with Crippen LogP contribution in [-0.4, -0.2) is 32.0 Å². The fraction of sp³-hybridized carbons (Fsp3) is 0.450. The smallest absolute Gasteiger partial charge is 0.408 e. The molecule has 0 fully saturated rings. The highest BCUT2D eigenvalue weighted by Gasteiger charge is 2.25. The molecule has 0 aliphatic heterocycles. The average Bonchev–Trinajstić information content (AvgIpc) is 2.88. The number of thiazole rings is 1. The van der Waals surface area contributed by atoms with Crippen molar-refractivity contribution in [2.45, 2.75) is 60.2 Å². The van der Waals surface area contributed by atoms with E-state index in [-0.39, 0.29) is 5.78 Å². The van der Waals surface area contributed by atoms with Crippen LogP contribution in [0.15, 0.2) is 29.3 Å². The van der Waals surface area contributed by atoms with Crippen LogP contribution < -0.4 is 4.80 Å². The van der Waals surface area contributed by atoms with Gasteiger partial charge < -0.3 is 9.67 Å². The first-order valence-corrected chi connectivity index (χ1v) is 9.71. The Morgan fingerprint density at radius 3 is 2.26 bits per heavy atom. The lowest BCUT2D eigenvalue weighted by Gasteiger charge is -2.33. The molecule has 2 rings (SSSR count). The minimum Gasteiger partial charge on any atom is -0.465 e. The molecule has 0 aliphatic rings. The molecule has 0 unspecified atom stereocenters. The number of carbonyl (C=O) groups is 2. The van der Waals surface area contributed by atoms with Gasteiger partial charge in [-0.25, -0.2) is 9.79 Å². The summed E-state index contributed by atoms with van der Waals surface area (Å²) in [5.74, 6) is 0.0486. The predicted octanol–water partition coefficient (Wildman–Crippen LogP) is 4.59. The maximum Gasteiger partial charge on any atom is 0.408 e. The molecule has 1 aromatic heterocycles. The molecular formula is C20H27N3O3S. The fourth-order valence-electron chi connectivity index (χ4n) is 2.83. The van der Waals surface area contributed by atoms with Crippen LogP contribution in [0.1, 0.15) is 55.5 Å². The Kier molecular flexibility index (Phi) is 6.26. The lowest BCUT2D eigenvalue weighted by molar-refractivity contribution is 0.0954. The zero-order valence-electron chi connectivity index (χ0n) is 16.7. The molecule has 0 radical (unpaired) electrons. The summed E-state index contributed by atoms with van der Waals surface area (Å²) in [7, 11) is 0. The molecule has 1 N–H and O–H groups in total. The number of hydrogen-bond donors (Lipinski definition) is 1. The number of nitrogens with zero attached hydrogens (tertiary/aromatic N) is 3. The molecule has 0 atom stereocenters. The van der Waals surface area contributed by atoms with Crippen molar-refractivity contribution in [2.75, 3.05) is 0 Å². The molecular weight excluding hydrogens is 362 g/mol. The maximum absolute atomic E-state index is 11.8. The molecule has 6 nitrogen and oxygen atoms in total. The SMILES string of the molecule is CCn1c(C)c(C(C)=O)sc1=Nc1ccc(CN(C(=O)O)C(C)(C)C)cc1. The normalized spacial score (nSPS) is 12.3. The summed E-state index contributed by atoms with van der Waals surface area (Å²) in [6.07, 6.45) is -0.939. The molecule has 0 bridgehead atoms. The molecule has 27 heavy (non-hydrogen) atoms. The van der Waals surface area contributed by atoms with Crippen LogP contribution in [0.4, 0.5) is 10.5 Å². The Hall–Kier alpha value is -2.41. The van der Waals surface area contributed by atoms with Crippen molar-refractivity contribution in [3.8, 4) is 0 Å². The summed E-state index contributed by atoms with van der Waals surface area (Å²) in [6.45, 7) is 12.2. The third-order valence-electron chi connectivity index (χ3n) is 4.34. The first-order chi connectivity index (χ1) is 12.5. The van der Waals surface area contributed by atoms with E-state index in [0.29, 0.717) is 6.54 Å². The van der Waals surface area contributed by atoms with E-state index in [4.69, 9.17) is 0 Å². The van der Waals surface area contributed by atoms with Crippen molar-refractivity contribution in [3.63, 3.8) is 0 Å². The van der Waals surface area contributed by atoms with Crippen LogP contribution in [0.3, 0.4) is 0 Å². The van der Waals surface area contributed by atoms with E-state index in [1.165, 1.54) is 16.2 Å². The molecule has 1 amide bonds. The summed E-state index contributed by atoms with van der Waals surface area (Å²) in [6, 6.07) is 7.54. The highest BCUT2D eigenvalue weighted by atomic mass is 32.1. The molecule has 2 aromatic rings. The third-order valence-corrected chi connectivity index (χ3v) is 5.62. The van der Waals surface area contributed by atoms with Gasteiger partial charge in [-0.05, 0) is 52.3 Å². The lowest BCUT2D eigenvalue weighted by Crippen LogP contribution is -2.44. The molecule has 1 aromatic carbocycles. The van der Waals surface area contributed by atoms with E-state index in [2.05, 4.69) is 4.99 Å². The summed E-state index contributed by atoms with van der Waals surface area (Å²) >= 11 is 1.40. The topological polar surface area (TPSA) is 74.9 Å². The standard InChI is InChI=1S/C20H27N3O3S/c1-7-22-13(2)17(14(3)24)27-18(22)21-16-10-8-15(9-11-16)12-23(19(25)26)20(4,5)6/h8-11H,7,12H2,1-6H3,(H,25,26). The molecule has 7 heteroatoms. The fourth-order valence-corrected chi connectivity index (χ4v) is 3.94. The summed E-state index contributed by atoms with van der Waals surface area (Å²) < 4.78 is 2.03. The van der Waals surface area contributed by atoms with Crippen molar-refractivity contribution < 1.29 is 14.7 Å². The monoisotopic (exact) mass is 389 g/mol. The van der Waals surface area contributed by atoms with Gasteiger partial charge in [-0.1, -0.05) is 23.5 Å². The van der Waals surface area contributed by atoms with Gasteiger partial charge in [0.1, 0.15) is 0 Å². The van der Waals surface area contributed by atoms with Gasteiger partial charge in [0.15, 0.2) is 10.6 Å². The van der Waals surface area contributed by atoms with Gasteiger partial charge >= 0.3 is 6.09 Å². The van der Waals surface area contributed by atoms with Crippen molar-refractivity contribution in [2.24, 2.45) is 4.99 Å². The second kappa shape index (κ2) is 8.08. The van der Waals surface area contributed by atoms with Crippen LogP contribution in [-0.2, 0) is 13.1 Å². The van der Waals surface area contributed by atoms with Crippen LogP contribution in [0, 0.1) is 6.92 Å². The number of aromatic nitrogens is 1. The van der Waals surface area contributed by atoms with Crippen molar-refractivity contribution in [3.05, 3.63) is 45.2 Å². The van der Waals surface area contributed by atoms with Crippen molar-refractivity contribution >= 4 is 28.9 Å². The molecule has 0 saturated heterocycles. The zero-order chi connectivity index (χ0) is 20.4. The summed E-state index contributed by atoms with van der Waals surface area (Å²) in [5.41, 5.74) is 2.14.